The molecule has 0 aliphatic carbocycles. The maximum atomic E-state index is 11.1. The number of hydrogen-bond donors (Lipinski definition) is 0. The first kappa shape index (κ1) is 14.4. The lowest BCUT2D eigenvalue weighted by Crippen LogP contribution is -2.49. The predicted molar refractivity (Wildman–Crippen MR) is 80.9 cm³/mol. The summed E-state index contributed by atoms with van der Waals surface area (Å²) in [4.78, 5) is 13.7. The molecule has 0 unspecified atom stereocenters. The maximum absolute atomic E-state index is 11.1. The molecular weight excluding hydrogens is 266 g/mol. The highest BCUT2D eigenvalue weighted by atomic mass is 16.5. The van der Waals surface area contributed by atoms with E-state index in [9.17, 15) is 4.79 Å². The lowest BCUT2D eigenvalue weighted by molar-refractivity contribution is -0.131. The van der Waals surface area contributed by atoms with E-state index in [0.717, 1.165) is 25.4 Å². The van der Waals surface area contributed by atoms with Gasteiger partial charge in [-0.25, -0.2) is 0 Å². The number of fused-ring (bicyclic) bond motifs is 3. The Labute approximate surface area is 126 Å². The second kappa shape index (κ2) is 6.06. The predicted octanol–water partition coefficient (Wildman–Crippen LogP) is 2.96. The van der Waals surface area contributed by atoms with E-state index in [4.69, 9.17) is 9.47 Å². The minimum Gasteiger partial charge on any atom is -0.492 e. The molecule has 1 aromatic rings. The van der Waals surface area contributed by atoms with Crippen LogP contribution in [0.2, 0.25) is 0 Å². The fourth-order valence-electron chi connectivity index (χ4n) is 3.63. The van der Waals surface area contributed by atoms with E-state index in [1.807, 2.05) is 18.2 Å². The van der Waals surface area contributed by atoms with Gasteiger partial charge < -0.3 is 9.47 Å². The van der Waals surface area contributed by atoms with Gasteiger partial charge in [-0.05, 0) is 50.6 Å². The third kappa shape index (κ3) is 2.91. The average Bonchev–Trinajstić information content (AvgIpc) is 2.47. The summed E-state index contributed by atoms with van der Waals surface area (Å²) in [6.45, 7) is 6.72. The third-order valence-electron chi connectivity index (χ3n) is 4.46. The molecule has 1 fully saturated rings. The minimum atomic E-state index is -0.278. The van der Waals surface area contributed by atoms with E-state index in [0.29, 0.717) is 17.7 Å². The molecule has 0 N–H and O–H groups in total. The monoisotopic (exact) mass is 289 g/mol. The summed E-state index contributed by atoms with van der Waals surface area (Å²) in [6.07, 6.45) is 3.58. The second-order valence-electron chi connectivity index (χ2n) is 5.96. The van der Waals surface area contributed by atoms with Gasteiger partial charge in [-0.3, -0.25) is 9.69 Å². The van der Waals surface area contributed by atoms with E-state index < -0.39 is 0 Å². The largest absolute Gasteiger partial charge is 0.492 e. The van der Waals surface area contributed by atoms with Crippen molar-refractivity contribution in [3.05, 3.63) is 23.8 Å². The standard InChI is InChI=1S/C17H23NO3/c1-3-8-18-9-4-5-14-15-10-13(21-12(2)19)6-7-17(15)20-11-16(14)18/h6-7,10,14,16H,3-5,8-9,11H2,1-2H3/t14-,16-/m1/s1. The zero-order chi connectivity index (χ0) is 14.8. The van der Waals surface area contributed by atoms with Gasteiger partial charge in [-0.15, -0.1) is 0 Å². The van der Waals surface area contributed by atoms with Gasteiger partial charge in [0.2, 0.25) is 0 Å². The van der Waals surface area contributed by atoms with Crippen LogP contribution in [0.4, 0.5) is 0 Å². The van der Waals surface area contributed by atoms with Crippen LogP contribution in [0.5, 0.6) is 11.5 Å². The lowest BCUT2D eigenvalue weighted by Gasteiger charge is -2.44. The molecule has 114 valence electrons. The molecule has 0 spiro atoms. The molecule has 0 amide bonds. The Kier molecular flexibility index (Phi) is 4.15. The number of hydrogen-bond acceptors (Lipinski definition) is 4. The van der Waals surface area contributed by atoms with Crippen LogP contribution in [0.3, 0.4) is 0 Å². The van der Waals surface area contributed by atoms with Crippen molar-refractivity contribution in [2.45, 2.75) is 45.1 Å². The van der Waals surface area contributed by atoms with E-state index in [2.05, 4.69) is 11.8 Å². The first-order chi connectivity index (χ1) is 10.2. The van der Waals surface area contributed by atoms with Gasteiger partial charge in [-0.1, -0.05) is 6.92 Å². The number of rotatable bonds is 3. The molecule has 0 bridgehead atoms. The Bertz CT molecular complexity index is 527. The molecule has 0 radical (unpaired) electrons. The number of carbonyl (C=O) groups is 1. The van der Waals surface area contributed by atoms with Gasteiger partial charge in [-0.2, -0.15) is 0 Å². The van der Waals surface area contributed by atoms with Gasteiger partial charge in [0, 0.05) is 18.4 Å². The van der Waals surface area contributed by atoms with E-state index in [1.165, 1.54) is 31.7 Å². The van der Waals surface area contributed by atoms with Crippen LogP contribution in [0.25, 0.3) is 0 Å². The summed E-state index contributed by atoms with van der Waals surface area (Å²) < 4.78 is 11.2. The summed E-state index contributed by atoms with van der Waals surface area (Å²) in [5, 5.41) is 0. The zero-order valence-corrected chi connectivity index (χ0v) is 12.8. The first-order valence-corrected chi connectivity index (χ1v) is 7.88. The molecular formula is C17H23NO3. The van der Waals surface area contributed by atoms with Crippen molar-refractivity contribution < 1.29 is 14.3 Å². The van der Waals surface area contributed by atoms with Crippen LogP contribution in [-0.4, -0.2) is 36.6 Å². The Morgan fingerprint density at radius 1 is 1.48 bits per heavy atom. The van der Waals surface area contributed by atoms with Crippen LogP contribution in [0, 0.1) is 0 Å². The number of ether oxygens (including phenoxy) is 2. The van der Waals surface area contributed by atoms with Crippen molar-refractivity contribution in [1.29, 1.82) is 0 Å². The van der Waals surface area contributed by atoms with Crippen LogP contribution in [0.15, 0.2) is 18.2 Å². The van der Waals surface area contributed by atoms with Gasteiger partial charge in [0.15, 0.2) is 0 Å². The lowest BCUT2D eigenvalue weighted by atomic mass is 9.81. The van der Waals surface area contributed by atoms with Crippen molar-refractivity contribution in [2.24, 2.45) is 0 Å². The minimum absolute atomic E-state index is 0.278. The Morgan fingerprint density at radius 3 is 3.10 bits per heavy atom. The molecule has 1 aromatic carbocycles. The molecule has 0 saturated carbocycles. The van der Waals surface area contributed by atoms with Gasteiger partial charge in [0.05, 0.1) is 6.04 Å². The average molecular weight is 289 g/mol. The number of benzene rings is 1. The number of esters is 1. The quantitative estimate of drug-likeness (QED) is 0.633. The molecule has 2 atom stereocenters. The van der Waals surface area contributed by atoms with Crippen LogP contribution in [0.1, 0.15) is 44.6 Å². The van der Waals surface area contributed by atoms with Gasteiger partial charge in [0.25, 0.3) is 0 Å². The van der Waals surface area contributed by atoms with Gasteiger partial charge in [0.1, 0.15) is 18.1 Å². The Morgan fingerprint density at radius 2 is 2.33 bits per heavy atom. The molecule has 0 aromatic heterocycles. The highest BCUT2D eigenvalue weighted by Gasteiger charge is 2.37. The first-order valence-electron chi connectivity index (χ1n) is 7.88. The smallest absolute Gasteiger partial charge is 0.308 e. The highest BCUT2D eigenvalue weighted by molar-refractivity contribution is 5.69. The van der Waals surface area contributed by atoms with E-state index in [-0.39, 0.29) is 5.97 Å². The number of likely N-dealkylation sites (tertiary alicyclic amines) is 1. The van der Waals surface area contributed by atoms with Crippen molar-refractivity contribution >= 4 is 5.97 Å². The molecule has 3 rings (SSSR count). The number of carbonyl (C=O) groups excluding carboxylic acids is 1. The fourth-order valence-corrected chi connectivity index (χ4v) is 3.63. The summed E-state index contributed by atoms with van der Waals surface area (Å²) >= 11 is 0. The molecule has 2 heterocycles. The highest BCUT2D eigenvalue weighted by Crippen LogP contribution is 2.42. The summed E-state index contributed by atoms with van der Waals surface area (Å²) in [6, 6.07) is 6.19. The zero-order valence-electron chi connectivity index (χ0n) is 12.8. The molecule has 1 saturated heterocycles. The van der Waals surface area contributed by atoms with E-state index >= 15 is 0 Å². The topological polar surface area (TPSA) is 38.8 Å². The second-order valence-corrected chi connectivity index (χ2v) is 5.96. The maximum Gasteiger partial charge on any atom is 0.308 e. The Balaban J connectivity index is 1.88. The summed E-state index contributed by atoms with van der Waals surface area (Å²) in [5.41, 5.74) is 1.20. The van der Waals surface area contributed by atoms with Crippen LogP contribution >= 0.6 is 0 Å². The Hall–Kier alpha value is -1.55. The van der Waals surface area contributed by atoms with Crippen molar-refractivity contribution in [2.75, 3.05) is 19.7 Å². The SMILES string of the molecule is CCCN1CCC[C@@H]2c3cc(OC(C)=O)ccc3OC[C@H]21. The number of piperidine rings is 1. The van der Waals surface area contributed by atoms with E-state index in [1.54, 1.807) is 0 Å². The molecule has 2 aliphatic heterocycles. The fraction of sp³-hybridized carbons (Fsp3) is 0.588. The summed E-state index contributed by atoms with van der Waals surface area (Å²) in [7, 11) is 0. The number of nitrogens with zero attached hydrogens (tertiary/aromatic N) is 1. The van der Waals surface area contributed by atoms with Crippen molar-refractivity contribution in [1.82, 2.24) is 4.90 Å². The third-order valence-corrected chi connectivity index (χ3v) is 4.46. The normalized spacial score (nSPS) is 24.7. The molecule has 21 heavy (non-hydrogen) atoms. The van der Waals surface area contributed by atoms with Gasteiger partial charge >= 0.3 is 5.97 Å². The molecule has 4 heteroatoms. The van der Waals surface area contributed by atoms with Crippen LogP contribution in [-0.2, 0) is 4.79 Å². The molecule has 2 aliphatic rings. The van der Waals surface area contributed by atoms with Crippen LogP contribution < -0.4 is 9.47 Å². The van der Waals surface area contributed by atoms with Crippen molar-refractivity contribution in [3.8, 4) is 11.5 Å². The summed E-state index contributed by atoms with van der Waals surface area (Å²) in [5.74, 6) is 1.78. The van der Waals surface area contributed by atoms with Crippen molar-refractivity contribution in [3.63, 3.8) is 0 Å². The molecule has 4 nitrogen and oxygen atoms in total.